The minimum absolute atomic E-state index is 0.174. The van der Waals surface area contributed by atoms with Crippen LogP contribution in [-0.2, 0) is 13.1 Å². The summed E-state index contributed by atoms with van der Waals surface area (Å²) in [6.45, 7) is 3.65. The maximum atomic E-state index is 12.5. The molecule has 1 N–H and O–H groups in total. The molecule has 0 aliphatic carbocycles. The van der Waals surface area contributed by atoms with Crippen molar-refractivity contribution in [3.05, 3.63) is 60.0 Å². The predicted octanol–water partition coefficient (Wildman–Crippen LogP) is 2.70. The van der Waals surface area contributed by atoms with Crippen LogP contribution < -0.4 is 5.32 Å². The molecule has 3 heterocycles. The van der Waals surface area contributed by atoms with Gasteiger partial charge in [0, 0.05) is 24.8 Å². The Bertz CT molecular complexity index is 888. The summed E-state index contributed by atoms with van der Waals surface area (Å²) in [4.78, 5) is 18.4. The third-order valence-corrected chi connectivity index (χ3v) is 4.22. The van der Waals surface area contributed by atoms with Crippen molar-refractivity contribution in [3.8, 4) is 11.4 Å². The number of aromatic nitrogens is 4. The lowest BCUT2D eigenvalue weighted by atomic mass is 10.2. The molecule has 0 atom stereocenters. The summed E-state index contributed by atoms with van der Waals surface area (Å²) in [6.07, 6.45) is 1.73. The zero-order chi connectivity index (χ0) is 17.2. The third kappa shape index (κ3) is 3.08. The lowest BCUT2D eigenvalue weighted by Gasteiger charge is -2.27. The van der Waals surface area contributed by atoms with E-state index in [0.717, 1.165) is 22.8 Å². The van der Waals surface area contributed by atoms with E-state index in [1.165, 1.54) is 0 Å². The molecule has 1 aliphatic rings. The fourth-order valence-electron chi connectivity index (χ4n) is 2.86. The van der Waals surface area contributed by atoms with E-state index in [1.54, 1.807) is 17.2 Å². The van der Waals surface area contributed by atoms with Crippen molar-refractivity contribution in [1.29, 1.82) is 0 Å². The predicted molar refractivity (Wildman–Crippen MR) is 93.9 cm³/mol. The summed E-state index contributed by atoms with van der Waals surface area (Å²) in [6, 6.07) is 13.5. The van der Waals surface area contributed by atoms with Gasteiger partial charge in [-0.2, -0.15) is 0 Å². The zero-order valence-electron chi connectivity index (χ0n) is 13.9. The van der Waals surface area contributed by atoms with Gasteiger partial charge in [-0.3, -0.25) is 5.32 Å². The second-order valence-corrected chi connectivity index (χ2v) is 6.03. The fourth-order valence-corrected chi connectivity index (χ4v) is 2.86. The molecule has 7 heteroatoms. The zero-order valence-corrected chi connectivity index (χ0v) is 13.9. The first-order valence-corrected chi connectivity index (χ1v) is 8.17. The van der Waals surface area contributed by atoms with Gasteiger partial charge in [-0.25, -0.2) is 9.78 Å². The largest absolute Gasteiger partial charge is 0.323 e. The highest BCUT2D eigenvalue weighted by Gasteiger charge is 2.25. The van der Waals surface area contributed by atoms with Crippen molar-refractivity contribution in [1.82, 2.24) is 24.6 Å². The van der Waals surface area contributed by atoms with E-state index in [-0.39, 0.29) is 6.03 Å². The minimum atomic E-state index is -0.174. The molecule has 1 aliphatic heterocycles. The van der Waals surface area contributed by atoms with E-state index in [2.05, 4.69) is 25.1 Å². The second kappa shape index (κ2) is 6.35. The summed E-state index contributed by atoms with van der Waals surface area (Å²) in [5.41, 5.74) is 2.08. The van der Waals surface area contributed by atoms with Crippen LogP contribution in [-0.4, -0.2) is 37.2 Å². The number of carbonyl (C=O) groups excluding carboxylic acids is 1. The van der Waals surface area contributed by atoms with E-state index in [0.29, 0.717) is 25.5 Å². The molecular weight excluding hydrogens is 316 g/mol. The molecule has 2 aromatic heterocycles. The van der Waals surface area contributed by atoms with Gasteiger partial charge in [0.1, 0.15) is 5.82 Å². The Labute approximate surface area is 145 Å². The van der Waals surface area contributed by atoms with Crippen LogP contribution >= 0.6 is 0 Å². The standard InChI is InChI=1S/C18H18N6O/c1-13-7-8-15(19-11-13)20-18(25)23-9-10-24-16(12-23)21-22-17(24)14-5-3-2-4-6-14/h2-8,11H,9-10,12H2,1H3,(H,19,20,25). The van der Waals surface area contributed by atoms with Crippen LogP contribution in [0.25, 0.3) is 11.4 Å². The molecule has 25 heavy (non-hydrogen) atoms. The lowest BCUT2D eigenvalue weighted by Crippen LogP contribution is -2.41. The molecule has 0 radical (unpaired) electrons. The number of fused-ring (bicyclic) bond motifs is 1. The van der Waals surface area contributed by atoms with Gasteiger partial charge in [0.05, 0.1) is 6.54 Å². The van der Waals surface area contributed by atoms with Crippen LogP contribution in [0.15, 0.2) is 48.7 Å². The first-order chi connectivity index (χ1) is 12.2. The molecule has 0 unspecified atom stereocenters. The Balaban J connectivity index is 1.49. The van der Waals surface area contributed by atoms with Gasteiger partial charge in [0.25, 0.3) is 0 Å². The Morgan fingerprint density at radius 2 is 1.92 bits per heavy atom. The highest BCUT2D eigenvalue weighted by Crippen LogP contribution is 2.21. The summed E-state index contributed by atoms with van der Waals surface area (Å²) in [7, 11) is 0. The number of hydrogen-bond donors (Lipinski definition) is 1. The van der Waals surface area contributed by atoms with Crippen molar-refractivity contribution in [2.45, 2.75) is 20.0 Å². The smallest absolute Gasteiger partial charge is 0.315 e. The van der Waals surface area contributed by atoms with E-state index in [4.69, 9.17) is 0 Å². The number of aryl methyl sites for hydroxylation is 1. The number of urea groups is 1. The normalized spacial score (nSPS) is 13.4. The monoisotopic (exact) mass is 334 g/mol. The quantitative estimate of drug-likeness (QED) is 0.782. The lowest BCUT2D eigenvalue weighted by molar-refractivity contribution is 0.196. The number of benzene rings is 1. The van der Waals surface area contributed by atoms with Crippen LogP contribution in [0, 0.1) is 6.92 Å². The highest BCUT2D eigenvalue weighted by molar-refractivity contribution is 5.88. The van der Waals surface area contributed by atoms with Crippen LogP contribution in [0.4, 0.5) is 10.6 Å². The molecule has 0 spiro atoms. The number of carbonyl (C=O) groups is 1. The SMILES string of the molecule is Cc1ccc(NC(=O)N2CCn3c(nnc3-c3ccccc3)C2)nc1. The molecule has 7 nitrogen and oxygen atoms in total. The van der Waals surface area contributed by atoms with Gasteiger partial charge >= 0.3 is 6.03 Å². The Kier molecular flexibility index (Phi) is 3.89. The van der Waals surface area contributed by atoms with Gasteiger partial charge in [-0.15, -0.1) is 10.2 Å². The van der Waals surface area contributed by atoms with Gasteiger partial charge < -0.3 is 9.47 Å². The summed E-state index contributed by atoms with van der Waals surface area (Å²) < 4.78 is 2.07. The van der Waals surface area contributed by atoms with E-state index in [9.17, 15) is 4.79 Å². The van der Waals surface area contributed by atoms with Crippen molar-refractivity contribution in [2.24, 2.45) is 0 Å². The Hall–Kier alpha value is -3.22. The molecule has 0 saturated carbocycles. The number of anilines is 1. The maximum Gasteiger partial charge on any atom is 0.323 e. The molecule has 0 fully saturated rings. The number of nitrogens with one attached hydrogen (secondary N) is 1. The molecular formula is C18H18N6O. The van der Waals surface area contributed by atoms with Crippen LogP contribution in [0.3, 0.4) is 0 Å². The van der Waals surface area contributed by atoms with Gasteiger partial charge in [-0.05, 0) is 18.6 Å². The topological polar surface area (TPSA) is 75.9 Å². The second-order valence-electron chi connectivity index (χ2n) is 6.03. The summed E-state index contributed by atoms with van der Waals surface area (Å²) in [5, 5.41) is 11.4. The number of amides is 2. The van der Waals surface area contributed by atoms with Gasteiger partial charge in [0.2, 0.25) is 0 Å². The summed E-state index contributed by atoms with van der Waals surface area (Å²) in [5.74, 6) is 2.18. The van der Waals surface area contributed by atoms with Gasteiger partial charge in [-0.1, -0.05) is 36.4 Å². The van der Waals surface area contributed by atoms with E-state index < -0.39 is 0 Å². The molecule has 4 rings (SSSR count). The fraction of sp³-hybridized carbons (Fsp3) is 0.222. The van der Waals surface area contributed by atoms with E-state index in [1.807, 2.05) is 43.3 Å². The molecule has 126 valence electrons. The van der Waals surface area contributed by atoms with Crippen LogP contribution in [0.5, 0.6) is 0 Å². The first-order valence-electron chi connectivity index (χ1n) is 8.17. The van der Waals surface area contributed by atoms with Crippen molar-refractivity contribution < 1.29 is 4.79 Å². The minimum Gasteiger partial charge on any atom is -0.315 e. The third-order valence-electron chi connectivity index (χ3n) is 4.22. The first kappa shape index (κ1) is 15.3. The maximum absolute atomic E-state index is 12.5. The molecule has 0 bridgehead atoms. The average molecular weight is 334 g/mol. The van der Waals surface area contributed by atoms with Crippen LogP contribution in [0.2, 0.25) is 0 Å². The number of rotatable bonds is 2. The molecule has 3 aromatic rings. The van der Waals surface area contributed by atoms with Crippen molar-refractivity contribution in [2.75, 3.05) is 11.9 Å². The summed E-state index contributed by atoms with van der Waals surface area (Å²) >= 11 is 0. The number of nitrogens with zero attached hydrogens (tertiary/aromatic N) is 5. The van der Waals surface area contributed by atoms with Crippen LogP contribution in [0.1, 0.15) is 11.4 Å². The highest BCUT2D eigenvalue weighted by atomic mass is 16.2. The van der Waals surface area contributed by atoms with E-state index >= 15 is 0 Å². The Morgan fingerprint density at radius 1 is 1.08 bits per heavy atom. The molecule has 2 amide bonds. The Morgan fingerprint density at radius 3 is 2.68 bits per heavy atom. The van der Waals surface area contributed by atoms with Crippen molar-refractivity contribution >= 4 is 11.8 Å². The molecule has 1 aromatic carbocycles. The molecule has 0 saturated heterocycles. The van der Waals surface area contributed by atoms with Crippen molar-refractivity contribution in [3.63, 3.8) is 0 Å². The number of pyridine rings is 1. The number of hydrogen-bond acceptors (Lipinski definition) is 4. The average Bonchev–Trinajstić information content (AvgIpc) is 3.07. The van der Waals surface area contributed by atoms with Gasteiger partial charge in [0.15, 0.2) is 11.6 Å².